The molecule has 186 valence electrons. The van der Waals surface area contributed by atoms with Crippen LogP contribution in [0.15, 0.2) is 48.5 Å². The van der Waals surface area contributed by atoms with E-state index in [9.17, 15) is 13.7 Å². The van der Waals surface area contributed by atoms with Gasteiger partial charge in [0.25, 0.3) is 0 Å². The van der Waals surface area contributed by atoms with Gasteiger partial charge < -0.3 is 9.47 Å². The van der Waals surface area contributed by atoms with Gasteiger partial charge in [0.1, 0.15) is 11.1 Å². The Bertz CT molecular complexity index is 1210. The lowest BCUT2D eigenvalue weighted by Gasteiger charge is -2.40. The maximum Gasteiger partial charge on any atom is 0.221 e. The molecule has 2 aliphatic heterocycles. The number of hydrogen-bond donors (Lipinski definition) is 0. The van der Waals surface area contributed by atoms with E-state index in [1.807, 2.05) is 37.3 Å². The maximum absolute atomic E-state index is 15.4. The zero-order chi connectivity index (χ0) is 24.7. The number of ether oxygens (including phenoxy) is 2. The average Bonchev–Trinajstić information content (AvgIpc) is 3.32. The molecule has 1 saturated carbocycles. The molecule has 2 heterocycles. The van der Waals surface area contributed by atoms with Crippen LogP contribution in [0, 0.1) is 17.1 Å². The minimum atomic E-state index is -3.66. The number of benzene rings is 2. The van der Waals surface area contributed by atoms with Crippen LogP contribution in [0.25, 0.3) is 0 Å². The number of sulfonamides is 1. The van der Waals surface area contributed by atoms with Crippen molar-refractivity contribution in [2.75, 3.05) is 13.2 Å². The highest BCUT2D eigenvalue weighted by Crippen LogP contribution is 2.46. The van der Waals surface area contributed by atoms with Crippen molar-refractivity contribution >= 4 is 10.0 Å². The molecule has 0 bridgehead atoms. The standard InChI is InChI=1S/C27H31FN2O4S/c1-20-7-10-25(21-5-3-2-4-6-21)35(31,32)30(20)18-22-8-9-23(17-24(22)28)26(19-29)11-13-27(14-12-26)33-15-16-34-27/h2-6,8-9,17,20,25H,7,10-16,18H2,1H3. The van der Waals surface area contributed by atoms with Gasteiger partial charge in [0.05, 0.1) is 24.7 Å². The van der Waals surface area contributed by atoms with Crippen molar-refractivity contribution in [2.45, 2.75) is 74.5 Å². The van der Waals surface area contributed by atoms with Gasteiger partial charge in [-0.2, -0.15) is 9.57 Å². The van der Waals surface area contributed by atoms with Gasteiger partial charge in [0.2, 0.25) is 10.0 Å². The predicted molar refractivity (Wildman–Crippen MR) is 129 cm³/mol. The Kier molecular flexibility index (Phi) is 6.47. The summed E-state index contributed by atoms with van der Waals surface area (Å²) in [6.07, 6.45) is 3.49. The smallest absolute Gasteiger partial charge is 0.221 e. The first-order valence-corrected chi connectivity index (χ1v) is 13.8. The molecular formula is C27H31FN2O4S. The summed E-state index contributed by atoms with van der Waals surface area (Å²) in [5, 5.41) is 9.42. The normalized spacial score (nSPS) is 27.5. The van der Waals surface area contributed by atoms with Crippen LogP contribution in [0.4, 0.5) is 4.39 Å². The first-order chi connectivity index (χ1) is 16.8. The third-order valence-electron chi connectivity index (χ3n) is 8.02. The summed E-state index contributed by atoms with van der Waals surface area (Å²) < 4.78 is 55.4. The van der Waals surface area contributed by atoms with Gasteiger partial charge in [0, 0.05) is 31.0 Å². The highest BCUT2D eigenvalue weighted by atomic mass is 32.2. The Morgan fingerprint density at radius 3 is 2.37 bits per heavy atom. The second kappa shape index (κ2) is 9.29. The summed E-state index contributed by atoms with van der Waals surface area (Å²) in [5.41, 5.74) is 0.913. The number of halogens is 1. The lowest BCUT2D eigenvalue weighted by atomic mass is 9.68. The largest absolute Gasteiger partial charge is 0.348 e. The average molecular weight is 499 g/mol. The molecule has 0 N–H and O–H groups in total. The Morgan fingerprint density at radius 1 is 1.06 bits per heavy atom. The zero-order valence-corrected chi connectivity index (χ0v) is 20.8. The van der Waals surface area contributed by atoms with E-state index in [-0.39, 0.29) is 12.6 Å². The van der Waals surface area contributed by atoms with E-state index in [1.54, 1.807) is 12.1 Å². The fourth-order valence-electron chi connectivity index (χ4n) is 5.80. The van der Waals surface area contributed by atoms with Crippen molar-refractivity contribution < 1.29 is 22.3 Å². The molecule has 2 aromatic carbocycles. The third-order valence-corrected chi connectivity index (χ3v) is 10.4. The van der Waals surface area contributed by atoms with E-state index in [0.717, 1.165) is 5.56 Å². The first kappa shape index (κ1) is 24.4. The van der Waals surface area contributed by atoms with Crippen LogP contribution < -0.4 is 0 Å². The van der Waals surface area contributed by atoms with E-state index in [1.165, 1.54) is 10.4 Å². The highest BCUT2D eigenvalue weighted by molar-refractivity contribution is 7.89. The van der Waals surface area contributed by atoms with Crippen LogP contribution in [0.2, 0.25) is 0 Å². The van der Waals surface area contributed by atoms with Crippen molar-refractivity contribution in [2.24, 2.45) is 0 Å². The number of rotatable bonds is 4. The molecule has 35 heavy (non-hydrogen) atoms. The number of nitrogens with zero attached hydrogens (tertiary/aromatic N) is 2. The lowest BCUT2D eigenvalue weighted by Crippen LogP contribution is -2.45. The van der Waals surface area contributed by atoms with Gasteiger partial charge >= 0.3 is 0 Å². The van der Waals surface area contributed by atoms with Gasteiger partial charge in [-0.1, -0.05) is 42.5 Å². The molecule has 0 aromatic heterocycles. The highest BCUT2D eigenvalue weighted by Gasteiger charge is 2.47. The van der Waals surface area contributed by atoms with Crippen molar-refractivity contribution in [3.05, 3.63) is 71.0 Å². The maximum atomic E-state index is 15.4. The van der Waals surface area contributed by atoms with Crippen LogP contribution in [0.5, 0.6) is 0 Å². The Morgan fingerprint density at radius 2 is 1.74 bits per heavy atom. The van der Waals surface area contributed by atoms with Gasteiger partial charge in [-0.05, 0) is 49.8 Å². The Balaban J connectivity index is 1.37. The molecule has 2 saturated heterocycles. The molecule has 1 aliphatic carbocycles. The molecule has 3 fully saturated rings. The van der Waals surface area contributed by atoms with Gasteiger partial charge in [-0.3, -0.25) is 0 Å². The van der Waals surface area contributed by atoms with Crippen molar-refractivity contribution in [3.63, 3.8) is 0 Å². The van der Waals surface area contributed by atoms with Gasteiger partial charge in [-0.15, -0.1) is 0 Å². The SMILES string of the molecule is CC1CCC(c2ccccc2)S(=O)(=O)N1Cc1ccc(C2(C#N)CCC3(CC2)OCCO3)cc1F. The summed E-state index contributed by atoms with van der Waals surface area (Å²) in [7, 11) is -3.66. The van der Waals surface area contributed by atoms with Crippen molar-refractivity contribution in [3.8, 4) is 6.07 Å². The molecule has 5 rings (SSSR count). The monoisotopic (exact) mass is 498 g/mol. The molecule has 2 aromatic rings. The van der Waals surface area contributed by atoms with Crippen LogP contribution in [-0.4, -0.2) is 37.8 Å². The minimum absolute atomic E-state index is 0.0245. The quantitative estimate of drug-likeness (QED) is 0.595. The Labute approximate surface area is 206 Å². The predicted octanol–water partition coefficient (Wildman–Crippen LogP) is 4.96. The molecule has 1 spiro atoms. The van der Waals surface area contributed by atoms with Crippen LogP contribution in [0.3, 0.4) is 0 Å². The summed E-state index contributed by atoms with van der Waals surface area (Å²) in [4.78, 5) is 0. The summed E-state index contributed by atoms with van der Waals surface area (Å²) >= 11 is 0. The third kappa shape index (κ3) is 4.40. The molecule has 0 amide bonds. The molecule has 3 aliphatic rings. The van der Waals surface area contributed by atoms with E-state index in [0.29, 0.717) is 62.9 Å². The fraction of sp³-hybridized carbons (Fsp3) is 0.519. The summed E-state index contributed by atoms with van der Waals surface area (Å²) in [6.45, 7) is 2.97. The second-order valence-electron chi connectivity index (χ2n) is 10.0. The van der Waals surface area contributed by atoms with Gasteiger partial charge in [-0.25, -0.2) is 12.8 Å². The van der Waals surface area contributed by atoms with E-state index < -0.39 is 32.3 Å². The number of nitriles is 1. The van der Waals surface area contributed by atoms with E-state index in [2.05, 4.69) is 6.07 Å². The Hall–Kier alpha value is -2.31. The molecule has 2 atom stereocenters. The van der Waals surface area contributed by atoms with Crippen LogP contribution in [0.1, 0.15) is 67.4 Å². The summed E-state index contributed by atoms with van der Waals surface area (Å²) in [5.74, 6) is -1.08. The second-order valence-corrected chi connectivity index (χ2v) is 12.1. The number of hydrogen-bond acceptors (Lipinski definition) is 5. The molecular weight excluding hydrogens is 467 g/mol. The fourth-order valence-corrected chi connectivity index (χ4v) is 7.99. The zero-order valence-electron chi connectivity index (χ0n) is 20.0. The van der Waals surface area contributed by atoms with Gasteiger partial charge in [0.15, 0.2) is 5.79 Å². The minimum Gasteiger partial charge on any atom is -0.348 e. The molecule has 2 unspecified atom stereocenters. The molecule has 6 nitrogen and oxygen atoms in total. The van der Waals surface area contributed by atoms with Crippen LogP contribution >= 0.6 is 0 Å². The van der Waals surface area contributed by atoms with E-state index >= 15 is 4.39 Å². The van der Waals surface area contributed by atoms with E-state index in [4.69, 9.17) is 9.47 Å². The van der Waals surface area contributed by atoms with Crippen molar-refractivity contribution in [1.29, 1.82) is 5.26 Å². The first-order valence-electron chi connectivity index (χ1n) is 12.3. The molecule has 0 radical (unpaired) electrons. The summed E-state index contributed by atoms with van der Waals surface area (Å²) in [6, 6.07) is 16.3. The molecule has 8 heteroatoms. The van der Waals surface area contributed by atoms with Crippen LogP contribution in [-0.2, 0) is 31.5 Å². The lowest BCUT2D eigenvalue weighted by molar-refractivity contribution is -0.182. The topological polar surface area (TPSA) is 79.6 Å². The van der Waals surface area contributed by atoms with Crippen molar-refractivity contribution in [1.82, 2.24) is 4.31 Å².